The van der Waals surface area contributed by atoms with E-state index in [1.165, 1.54) is 19.2 Å². The first-order valence-electron chi connectivity index (χ1n) is 3.51. The van der Waals surface area contributed by atoms with E-state index in [-0.39, 0.29) is 0 Å². The molecular formula is C8H7F3N2. The van der Waals surface area contributed by atoms with Crippen molar-refractivity contribution in [2.75, 3.05) is 7.05 Å². The number of hydrogen-bond donors (Lipinski definition) is 0. The average Bonchev–Trinajstić information content (AvgIpc) is 2.04. The third-order valence-electron chi connectivity index (χ3n) is 1.41. The summed E-state index contributed by atoms with van der Waals surface area (Å²) in [5.41, 5.74) is -0.266. The summed E-state index contributed by atoms with van der Waals surface area (Å²) in [6.45, 7) is 0. The molecule has 0 saturated heterocycles. The Kier molecular flexibility index (Phi) is 2.65. The normalized spacial score (nSPS) is 12.3. The molecule has 0 atom stereocenters. The molecule has 0 aliphatic heterocycles. The van der Waals surface area contributed by atoms with Crippen LogP contribution in [0, 0.1) is 0 Å². The van der Waals surface area contributed by atoms with Crippen molar-refractivity contribution < 1.29 is 13.2 Å². The van der Waals surface area contributed by atoms with Gasteiger partial charge in [-0.1, -0.05) is 0 Å². The van der Waals surface area contributed by atoms with E-state index in [2.05, 4.69) is 10.2 Å². The molecule has 0 N–H and O–H groups in total. The Bertz CT molecular complexity index is 300. The zero-order valence-electron chi connectivity index (χ0n) is 6.84. The smallest absolute Gasteiger partial charge is 0.192 e. The fourth-order valence-corrected chi connectivity index (χ4v) is 0.833. The second-order valence-electron chi connectivity index (χ2n) is 2.34. The lowest BCUT2D eigenvalue weighted by molar-refractivity contribution is -0.137. The van der Waals surface area contributed by atoms with Crippen LogP contribution in [0.2, 0.25) is 0 Å². The third-order valence-corrected chi connectivity index (χ3v) is 1.41. The Morgan fingerprint density at radius 1 is 1.08 bits per heavy atom. The molecule has 0 radical (unpaired) electrons. The monoisotopic (exact) mass is 188 g/mol. The maximum Gasteiger partial charge on any atom is 0.416 e. The summed E-state index contributed by atoms with van der Waals surface area (Å²) >= 11 is 0. The van der Waals surface area contributed by atoms with Crippen LogP contribution in [0.5, 0.6) is 0 Å². The number of hydrogen-bond acceptors (Lipinski definition) is 2. The van der Waals surface area contributed by atoms with Crippen LogP contribution in [0.15, 0.2) is 34.5 Å². The van der Waals surface area contributed by atoms with Crippen LogP contribution in [0.4, 0.5) is 18.9 Å². The topological polar surface area (TPSA) is 24.7 Å². The first-order chi connectivity index (χ1) is 6.04. The second kappa shape index (κ2) is 3.55. The van der Waals surface area contributed by atoms with Gasteiger partial charge in [-0.25, -0.2) is 0 Å². The Morgan fingerprint density at radius 3 is 2.00 bits per heavy atom. The number of halogens is 3. The van der Waals surface area contributed by atoms with Crippen LogP contribution in [0.25, 0.3) is 0 Å². The second-order valence-corrected chi connectivity index (χ2v) is 2.34. The predicted molar refractivity (Wildman–Crippen MR) is 41.9 cm³/mol. The molecule has 0 unspecified atom stereocenters. The van der Waals surface area contributed by atoms with E-state index in [9.17, 15) is 13.2 Å². The minimum absolute atomic E-state index is 0.413. The summed E-state index contributed by atoms with van der Waals surface area (Å²) in [5, 5.41) is 7.03. The van der Waals surface area contributed by atoms with Crippen molar-refractivity contribution in [3.05, 3.63) is 29.8 Å². The van der Waals surface area contributed by atoms with Gasteiger partial charge in [0.2, 0.25) is 0 Å². The summed E-state index contributed by atoms with van der Waals surface area (Å²) in [6.07, 6.45) is -4.29. The largest absolute Gasteiger partial charge is 0.416 e. The Morgan fingerprint density at radius 2 is 1.62 bits per heavy atom. The van der Waals surface area contributed by atoms with E-state index in [1.54, 1.807) is 0 Å². The van der Waals surface area contributed by atoms with E-state index in [0.717, 1.165) is 12.1 Å². The van der Waals surface area contributed by atoms with Gasteiger partial charge in [0.05, 0.1) is 11.3 Å². The Labute approximate surface area is 73.1 Å². The molecule has 1 aromatic rings. The first-order valence-corrected chi connectivity index (χ1v) is 3.51. The molecule has 1 rings (SSSR count). The Balaban J connectivity index is 2.94. The highest BCUT2D eigenvalue weighted by Crippen LogP contribution is 2.30. The summed E-state index contributed by atoms with van der Waals surface area (Å²) in [7, 11) is 1.46. The van der Waals surface area contributed by atoms with Crippen molar-refractivity contribution in [3.63, 3.8) is 0 Å². The SMILES string of the molecule is CN=Nc1ccc(C(F)(F)F)cc1. The number of benzene rings is 1. The van der Waals surface area contributed by atoms with E-state index in [1.807, 2.05) is 0 Å². The molecule has 5 heteroatoms. The number of nitrogens with zero attached hydrogens (tertiary/aromatic N) is 2. The van der Waals surface area contributed by atoms with Gasteiger partial charge in [-0.3, -0.25) is 0 Å². The molecule has 0 aliphatic carbocycles. The molecular weight excluding hydrogens is 181 g/mol. The maximum atomic E-state index is 12.1. The van der Waals surface area contributed by atoms with Gasteiger partial charge in [0.1, 0.15) is 0 Å². The molecule has 0 aromatic heterocycles. The van der Waals surface area contributed by atoms with Gasteiger partial charge in [0.15, 0.2) is 0 Å². The average molecular weight is 188 g/mol. The first kappa shape index (κ1) is 9.70. The quantitative estimate of drug-likeness (QED) is 0.603. The lowest BCUT2D eigenvalue weighted by Crippen LogP contribution is -2.03. The van der Waals surface area contributed by atoms with Crippen LogP contribution < -0.4 is 0 Å². The summed E-state index contributed by atoms with van der Waals surface area (Å²) in [4.78, 5) is 0. The van der Waals surface area contributed by atoms with Crippen molar-refractivity contribution in [2.45, 2.75) is 6.18 Å². The summed E-state index contributed by atoms with van der Waals surface area (Å²) < 4.78 is 36.2. The minimum Gasteiger partial charge on any atom is -0.192 e. The molecule has 0 fully saturated rings. The van der Waals surface area contributed by atoms with Crippen molar-refractivity contribution >= 4 is 5.69 Å². The standard InChI is InChI=1S/C8H7F3N2/c1-12-13-7-4-2-6(3-5-7)8(9,10)11/h2-5H,1H3. The molecule has 13 heavy (non-hydrogen) atoms. The number of alkyl halides is 3. The zero-order chi connectivity index (χ0) is 9.90. The fraction of sp³-hybridized carbons (Fsp3) is 0.250. The number of rotatable bonds is 1. The molecule has 0 saturated carbocycles. The molecule has 2 nitrogen and oxygen atoms in total. The summed E-state index contributed by atoms with van der Waals surface area (Å²) in [6, 6.07) is 4.50. The molecule has 1 aromatic carbocycles. The molecule has 0 aliphatic rings. The lowest BCUT2D eigenvalue weighted by atomic mass is 10.2. The Hall–Kier alpha value is -1.39. The van der Waals surface area contributed by atoms with Crippen molar-refractivity contribution in [2.24, 2.45) is 10.2 Å². The van der Waals surface area contributed by atoms with Crippen LogP contribution >= 0.6 is 0 Å². The highest BCUT2D eigenvalue weighted by Gasteiger charge is 2.29. The van der Waals surface area contributed by atoms with Gasteiger partial charge in [0.25, 0.3) is 0 Å². The van der Waals surface area contributed by atoms with E-state index < -0.39 is 11.7 Å². The van der Waals surface area contributed by atoms with Gasteiger partial charge < -0.3 is 0 Å². The van der Waals surface area contributed by atoms with Crippen LogP contribution in [-0.4, -0.2) is 7.05 Å². The van der Waals surface area contributed by atoms with Gasteiger partial charge >= 0.3 is 6.18 Å². The van der Waals surface area contributed by atoms with Crippen LogP contribution in [-0.2, 0) is 6.18 Å². The van der Waals surface area contributed by atoms with Crippen molar-refractivity contribution in [1.82, 2.24) is 0 Å². The molecule has 0 heterocycles. The maximum absolute atomic E-state index is 12.1. The minimum atomic E-state index is -4.29. The fourth-order valence-electron chi connectivity index (χ4n) is 0.833. The van der Waals surface area contributed by atoms with Gasteiger partial charge in [0, 0.05) is 7.05 Å². The highest BCUT2D eigenvalue weighted by atomic mass is 19.4. The van der Waals surface area contributed by atoms with Crippen LogP contribution in [0.3, 0.4) is 0 Å². The lowest BCUT2D eigenvalue weighted by Gasteiger charge is -2.05. The predicted octanol–water partition coefficient (Wildman–Crippen LogP) is 3.42. The van der Waals surface area contributed by atoms with E-state index in [4.69, 9.17) is 0 Å². The van der Waals surface area contributed by atoms with Crippen LogP contribution in [0.1, 0.15) is 5.56 Å². The molecule has 70 valence electrons. The van der Waals surface area contributed by atoms with Gasteiger partial charge in [-0.2, -0.15) is 23.4 Å². The number of azo groups is 1. The molecule has 0 spiro atoms. The zero-order valence-corrected chi connectivity index (χ0v) is 6.84. The third kappa shape index (κ3) is 2.54. The van der Waals surface area contributed by atoms with Gasteiger partial charge in [-0.05, 0) is 24.3 Å². The highest BCUT2D eigenvalue weighted by molar-refractivity contribution is 5.38. The van der Waals surface area contributed by atoms with Crippen molar-refractivity contribution in [1.29, 1.82) is 0 Å². The van der Waals surface area contributed by atoms with E-state index in [0.29, 0.717) is 5.69 Å². The summed E-state index contributed by atoms with van der Waals surface area (Å²) in [5.74, 6) is 0. The van der Waals surface area contributed by atoms with E-state index >= 15 is 0 Å². The molecule has 0 bridgehead atoms. The van der Waals surface area contributed by atoms with Gasteiger partial charge in [-0.15, -0.1) is 0 Å². The molecule has 0 amide bonds. The van der Waals surface area contributed by atoms with Crippen molar-refractivity contribution in [3.8, 4) is 0 Å².